The molecule has 0 atom stereocenters. The van der Waals surface area contributed by atoms with Crippen LogP contribution in [-0.2, 0) is 22.5 Å². The first-order valence-electron chi connectivity index (χ1n) is 5.28. The Morgan fingerprint density at radius 2 is 2.05 bits per heavy atom. The fourth-order valence-corrected chi connectivity index (χ4v) is 1.57. The Labute approximate surface area is 107 Å². The normalized spacial score (nSPS) is 11.3. The van der Waals surface area contributed by atoms with E-state index in [2.05, 4.69) is 14.5 Å². The van der Waals surface area contributed by atoms with Gasteiger partial charge < -0.3 is 15.2 Å². The van der Waals surface area contributed by atoms with Gasteiger partial charge in [-0.1, -0.05) is 0 Å². The van der Waals surface area contributed by atoms with E-state index >= 15 is 0 Å². The molecule has 0 fully saturated rings. The summed E-state index contributed by atoms with van der Waals surface area (Å²) in [5.74, 6) is -1.23. The number of nitrogens with zero attached hydrogens (tertiary/aromatic N) is 1. The van der Waals surface area contributed by atoms with E-state index in [0.717, 1.165) is 13.3 Å². The number of carbonyl (C=O) groups is 1. The molecule has 1 aromatic heterocycles. The average molecular weight is 278 g/mol. The number of ether oxygens (including phenoxy) is 2. The number of pyridine rings is 1. The Morgan fingerprint density at radius 3 is 2.53 bits per heavy atom. The quantitative estimate of drug-likeness (QED) is 0.844. The molecule has 5 nitrogen and oxygen atoms in total. The zero-order valence-electron chi connectivity index (χ0n) is 10.4. The van der Waals surface area contributed by atoms with Crippen LogP contribution in [0.15, 0.2) is 6.20 Å². The van der Waals surface area contributed by atoms with E-state index in [0.29, 0.717) is 11.3 Å². The first kappa shape index (κ1) is 15.2. The van der Waals surface area contributed by atoms with E-state index in [-0.39, 0.29) is 18.5 Å². The Kier molecular flexibility index (Phi) is 4.71. The third-order valence-corrected chi connectivity index (χ3v) is 2.45. The minimum Gasteiger partial charge on any atom is -0.469 e. The van der Waals surface area contributed by atoms with Gasteiger partial charge in [-0.2, -0.15) is 0 Å². The van der Waals surface area contributed by atoms with Gasteiger partial charge in [-0.25, -0.2) is 0 Å². The van der Waals surface area contributed by atoms with Crippen LogP contribution >= 0.6 is 0 Å². The van der Waals surface area contributed by atoms with Gasteiger partial charge >= 0.3 is 12.3 Å². The van der Waals surface area contributed by atoms with Crippen molar-refractivity contribution in [3.05, 3.63) is 23.0 Å². The number of esters is 1. The van der Waals surface area contributed by atoms with Crippen LogP contribution in [0.1, 0.15) is 16.8 Å². The van der Waals surface area contributed by atoms with Crippen LogP contribution in [0.25, 0.3) is 0 Å². The Morgan fingerprint density at radius 1 is 1.42 bits per heavy atom. The van der Waals surface area contributed by atoms with E-state index in [1.165, 1.54) is 0 Å². The third kappa shape index (κ3) is 4.09. The summed E-state index contributed by atoms with van der Waals surface area (Å²) in [5.41, 5.74) is 6.29. The summed E-state index contributed by atoms with van der Waals surface area (Å²) in [6.07, 6.45) is -4.31. The SMILES string of the molecule is COC(=O)Cc1c(OC(F)(F)F)cnc(C)c1CN. The van der Waals surface area contributed by atoms with Crippen molar-refractivity contribution in [3.63, 3.8) is 0 Å². The lowest BCUT2D eigenvalue weighted by Crippen LogP contribution is -2.21. The monoisotopic (exact) mass is 278 g/mol. The zero-order valence-corrected chi connectivity index (χ0v) is 10.4. The highest BCUT2D eigenvalue weighted by atomic mass is 19.4. The lowest BCUT2D eigenvalue weighted by molar-refractivity contribution is -0.275. The number of rotatable bonds is 4. The molecular weight excluding hydrogens is 265 g/mol. The van der Waals surface area contributed by atoms with E-state index in [1.54, 1.807) is 6.92 Å². The molecule has 1 heterocycles. The molecule has 106 valence electrons. The average Bonchev–Trinajstić information content (AvgIpc) is 2.31. The number of halogens is 3. The predicted octanol–water partition coefficient (Wildman–Crippen LogP) is 1.46. The van der Waals surface area contributed by atoms with Gasteiger partial charge in [0.15, 0.2) is 5.75 Å². The van der Waals surface area contributed by atoms with E-state index in [9.17, 15) is 18.0 Å². The first-order chi connectivity index (χ1) is 8.78. The largest absolute Gasteiger partial charge is 0.573 e. The van der Waals surface area contributed by atoms with Crippen molar-refractivity contribution in [1.29, 1.82) is 0 Å². The van der Waals surface area contributed by atoms with Gasteiger partial charge in [0.25, 0.3) is 0 Å². The molecule has 0 aliphatic rings. The molecule has 8 heteroatoms. The molecule has 0 aromatic carbocycles. The zero-order chi connectivity index (χ0) is 14.6. The van der Waals surface area contributed by atoms with Crippen molar-refractivity contribution >= 4 is 5.97 Å². The van der Waals surface area contributed by atoms with Crippen LogP contribution in [-0.4, -0.2) is 24.4 Å². The number of aromatic nitrogens is 1. The summed E-state index contributed by atoms with van der Waals surface area (Å²) in [6.45, 7) is 1.53. The van der Waals surface area contributed by atoms with Crippen LogP contribution in [0.2, 0.25) is 0 Å². The van der Waals surface area contributed by atoms with Crippen molar-refractivity contribution in [2.24, 2.45) is 5.73 Å². The molecule has 2 N–H and O–H groups in total. The molecular formula is C11H13F3N2O3. The summed E-state index contributed by atoms with van der Waals surface area (Å²) < 4.78 is 45.1. The highest BCUT2D eigenvalue weighted by Gasteiger charge is 2.33. The highest BCUT2D eigenvalue weighted by molar-refractivity contribution is 5.74. The molecule has 0 aliphatic carbocycles. The molecule has 0 bridgehead atoms. The Hall–Kier alpha value is -1.83. The topological polar surface area (TPSA) is 74.4 Å². The molecule has 0 radical (unpaired) electrons. The number of hydrogen-bond acceptors (Lipinski definition) is 5. The van der Waals surface area contributed by atoms with E-state index < -0.39 is 18.1 Å². The summed E-state index contributed by atoms with van der Waals surface area (Å²) in [7, 11) is 1.14. The molecule has 0 amide bonds. The highest BCUT2D eigenvalue weighted by Crippen LogP contribution is 2.29. The number of nitrogens with two attached hydrogens (primary N) is 1. The third-order valence-electron chi connectivity index (χ3n) is 2.45. The maximum absolute atomic E-state index is 12.3. The van der Waals surface area contributed by atoms with Gasteiger partial charge in [-0.15, -0.1) is 13.2 Å². The maximum atomic E-state index is 12.3. The lowest BCUT2D eigenvalue weighted by Gasteiger charge is -2.16. The van der Waals surface area contributed by atoms with Gasteiger partial charge in [-0.3, -0.25) is 9.78 Å². The van der Waals surface area contributed by atoms with Gasteiger partial charge in [0, 0.05) is 17.8 Å². The van der Waals surface area contributed by atoms with E-state index in [1.807, 2.05) is 0 Å². The summed E-state index contributed by atoms with van der Waals surface area (Å²) in [5, 5.41) is 0. The summed E-state index contributed by atoms with van der Waals surface area (Å²) in [4.78, 5) is 15.0. The number of alkyl halides is 3. The van der Waals surface area contributed by atoms with Crippen molar-refractivity contribution in [1.82, 2.24) is 4.98 Å². The molecule has 0 unspecified atom stereocenters. The van der Waals surface area contributed by atoms with Crippen LogP contribution in [0.5, 0.6) is 5.75 Å². The van der Waals surface area contributed by atoms with Gasteiger partial charge in [0.2, 0.25) is 0 Å². The molecule has 0 spiro atoms. The molecule has 1 aromatic rings. The molecule has 1 rings (SSSR count). The molecule has 0 saturated heterocycles. The second-order valence-corrected chi connectivity index (χ2v) is 3.67. The summed E-state index contributed by atoms with van der Waals surface area (Å²) in [6, 6.07) is 0. The van der Waals surface area contributed by atoms with Crippen molar-refractivity contribution in [2.45, 2.75) is 26.3 Å². The fourth-order valence-electron chi connectivity index (χ4n) is 1.57. The number of aryl methyl sites for hydroxylation is 1. The van der Waals surface area contributed by atoms with Crippen LogP contribution in [0.4, 0.5) is 13.2 Å². The van der Waals surface area contributed by atoms with Gasteiger partial charge in [-0.05, 0) is 12.5 Å². The molecule has 0 saturated carbocycles. The molecule has 19 heavy (non-hydrogen) atoms. The number of methoxy groups -OCH3 is 1. The second kappa shape index (κ2) is 5.87. The standard InChI is InChI=1S/C11H13F3N2O3/c1-6-8(4-15)7(3-10(17)18-2)9(5-16-6)19-11(12,13)14/h5H,3-4,15H2,1-2H3. The number of hydrogen-bond donors (Lipinski definition) is 1. The molecule has 0 aliphatic heterocycles. The second-order valence-electron chi connectivity index (χ2n) is 3.67. The Bertz CT molecular complexity index is 475. The lowest BCUT2D eigenvalue weighted by atomic mass is 10.0. The van der Waals surface area contributed by atoms with Crippen LogP contribution in [0, 0.1) is 6.92 Å². The Balaban J connectivity index is 3.25. The van der Waals surface area contributed by atoms with Gasteiger partial charge in [0.1, 0.15) is 0 Å². The fraction of sp³-hybridized carbons (Fsp3) is 0.455. The number of carbonyl (C=O) groups excluding carboxylic acids is 1. The minimum atomic E-state index is -4.87. The van der Waals surface area contributed by atoms with Crippen LogP contribution < -0.4 is 10.5 Å². The van der Waals surface area contributed by atoms with Crippen molar-refractivity contribution in [3.8, 4) is 5.75 Å². The van der Waals surface area contributed by atoms with Gasteiger partial charge in [0.05, 0.1) is 19.7 Å². The smallest absolute Gasteiger partial charge is 0.469 e. The maximum Gasteiger partial charge on any atom is 0.573 e. The summed E-state index contributed by atoms with van der Waals surface area (Å²) >= 11 is 0. The minimum absolute atomic E-state index is 0.0409. The van der Waals surface area contributed by atoms with E-state index in [4.69, 9.17) is 5.73 Å². The van der Waals surface area contributed by atoms with Crippen molar-refractivity contribution < 1.29 is 27.4 Å². The first-order valence-corrected chi connectivity index (χ1v) is 5.28. The predicted molar refractivity (Wildman–Crippen MR) is 59.3 cm³/mol. The van der Waals surface area contributed by atoms with Crippen LogP contribution in [0.3, 0.4) is 0 Å². The van der Waals surface area contributed by atoms with Crippen molar-refractivity contribution in [2.75, 3.05) is 7.11 Å².